The van der Waals surface area contributed by atoms with E-state index in [9.17, 15) is 4.79 Å². The first-order chi connectivity index (χ1) is 7.66. The number of ether oxygens (including phenoxy) is 1. The van der Waals surface area contributed by atoms with Crippen LogP contribution in [0.25, 0.3) is 0 Å². The normalized spacial score (nSPS) is 20.2. The number of nitrogens with one attached hydrogen (secondary N) is 1. The molecule has 16 heavy (non-hydrogen) atoms. The molecule has 1 saturated heterocycles. The van der Waals surface area contributed by atoms with Gasteiger partial charge in [-0.05, 0) is 25.0 Å². The molecule has 1 unspecified atom stereocenters. The van der Waals surface area contributed by atoms with E-state index in [0.29, 0.717) is 10.9 Å². The number of aryl methyl sites for hydroxylation is 1. The van der Waals surface area contributed by atoms with Crippen LogP contribution in [0.5, 0.6) is 0 Å². The van der Waals surface area contributed by atoms with Crippen molar-refractivity contribution in [3.63, 3.8) is 0 Å². The summed E-state index contributed by atoms with van der Waals surface area (Å²) in [6.45, 7) is 4.26. The number of carboxylic acid groups (broad SMARTS) is 1. The Kier molecular flexibility index (Phi) is 3.58. The minimum Gasteiger partial charge on any atom is -0.477 e. The number of rotatable bonds is 4. The summed E-state index contributed by atoms with van der Waals surface area (Å²) in [5, 5.41) is 12.3. The lowest BCUT2D eigenvalue weighted by atomic mass is 10.2. The fourth-order valence-electron chi connectivity index (χ4n) is 1.75. The van der Waals surface area contributed by atoms with Gasteiger partial charge in [-0.2, -0.15) is 0 Å². The summed E-state index contributed by atoms with van der Waals surface area (Å²) in [4.78, 5) is 12.3. The highest BCUT2D eigenvalue weighted by molar-refractivity contribution is 7.14. The summed E-state index contributed by atoms with van der Waals surface area (Å²) in [7, 11) is 0. The van der Waals surface area contributed by atoms with Crippen molar-refractivity contribution < 1.29 is 14.6 Å². The van der Waals surface area contributed by atoms with Crippen molar-refractivity contribution in [2.75, 3.05) is 13.2 Å². The third-order valence-electron chi connectivity index (χ3n) is 2.74. The summed E-state index contributed by atoms with van der Waals surface area (Å²) in [6.07, 6.45) is 1.04. The Morgan fingerprint density at radius 3 is 3.12 bits per heavy atom. The van der Waals surface area contributed by atoms with Crippen molar-refractivity contribution >= 4 is 17.3 Å². The molecule has 2 heterocycles. The minimum absolute atomic E-state index is 0.410. The van der Waals surface area contributed by atoms with Crippen LogP contribution in [0, 0.1) is 6.92 Å². The van der Waals surface area contributed by atoms with Gasteiger partial charge in [-0.1, -0.05) is 0 Å². The third-order valence-corrected chi connectivity index (χ3v) is 3.82. The quantitative estimate of drug-likeness (QED) is 0.841. The van der Waals surface area contributed by atoms with Crippen LogP contribution in [0.15, 0.2) is 6.07 Å². The van der Waals surface area contributed by atoms with E-state index in [2.05, 4.69) is 5.32 Å². The predicted octanol–water partition coefficient (Wildman–Crippen LogP) is 1.63. The van der Waals surface area contributed by atoms with Crippen molar-refractivity contribution in [3.8, 4) is 0 Å². The van der Waals surface area contributed by atoms with Crippen LogP contribution >= 0.6 is 11.3 Å². The highest BCUT2D eigenvalue weighted by atomic mass is 32.1. The van der Waals surface area contributed by atoms with Gasteiger partial charge in [-0.3, -0.25) is 0 Å². The maximum Gasteiger partial charge on any atom is 0.345 e. The van der Waals surface area contributed by atoms with Crippen molar-refractivity contribution in [1.29, 1.82) is 0 Å². The standard InChI is InChI=1S/C11H15NO3S/c1-7-8(4-10(16-7)11(13)14)5-12-9-2-3-15-6-9/h4,9,12H,2-3,5-6H2,1H3,(H,13,14). The molecule has 1 aliphatic rings. The second kappa shape index (κ2) is 4.95. The maximum absolute atomic E-state index is 10.8. The zero-order chi connectivity index (χ0) is 11.5. The molecule has 1 aromatic rings. The van der Waals surface area contributed by atoms with E-state index in [0.717, 1.165) is 36.6 Å². The third kappa shape index (κ3) is 2.61. The second-order valence-electron chi connectivity index (χ2n) is 3.94. The topological polar surface area (TPSA) is 58.6 Å². The van der Waals surface area contributed by atoms with E-state index in [1.165, 1.54) is 11.3 Å². The average Bonchev–Trinajstić information content (AvgIpc) is 2.84. The van der Waals surface area contributed by atoms with Gasteiger partial charge in [0, 0.05) is 24.1 Å². The SMILES string of the molecule is Cc1sc(C(=O)O)cc1CNC1CCOC1. The van der Waals surface area contributed by atoms with Crippen molar-refractivity contribution in [2.24, 2.45) is 0 Å². The van der Waals surface area contributed by atoms with E-state index in [4.69, 9.17) is 9.84 Å². The van der Waals surface area contributed by atoms with Gasteiger partial charge in [0.2, 0.25) is 0 Å². The molecule has 0 bridgehead atoms. The van der Waals surface area contributed by atoms with E-state index in [1.54, 1.807) is 6.07 Å². The van der Waals surface area contributed by atoms with Gasteiger partial charge < -0.3 is 15.2 Å². The van der Waals surface area contributed by atoms with E-state index in [1.807, 2.05) is 6.92 Å². The molecular formula is C11H15NO3S. The van der Waals surface area contributed by atoms with Crippen LogP contribution in [0.2, 0.25) is 0 Å². The number of carbonyl (C=O) groups is 1. The largest absolute Gasteiger partial charge is 0.477 e. The Hall–Kier alpha value is -0.910. The lowest BCUT2D eigenvalue weighted by Crippen LogP contribution is -2.28. The summed E-state index contributed by atoms with van der Waals surface area (Å²) >= 11 is 1.33. The zero-order valence-electron chi connectivity index (χ0n) is 9.16. The Labute approximate surface area is 98.2 Å². The van der Waals surface area contributed by atoms with Gasteiger partial charge in [0.05, 0.1) is 6.61 Å². The summed E-state index contributed by atoms with van der Waals surface area (Å²) in [5.74, 6) is -0.844. The first kappa shape index (κ1) is 11.6. The van der Waals surface area contributed by atoms with Gasteiger partial charge in [0.1, 0.15) is 4.88 Å². The molecule has 1 fully saturated rings. The van der Waals surface area contributed by atoms with E-state index < -0.39 is 5.97 Å². The van der Waals surface area contributed by atoms with Gasteiger partial charge in [-0.15, -0.1) is 11.3 Å². The Morgan fingerprint density at radius 2 is 2.56 bits per heavy atom. The van der Waals surface area contributed by atoms with Gasteiger partial charge >= 0.3 is 5.97 Å². The molecular weight excluding hydrogens is 226 g/mol. The van der Waals surface area contributed by atoms with Crippen molar-refractivity contribution in [2.45, 2.75) is 25.9 Å². The predicted molar refractivity (Wildman–Crippen MR) is 62.1 cm³/mol. The molecule has 1 atom stereocenters. The fraction of sp³-hybridized carbons (Fsp3) is 0.545. The molecule has 1 aromatic heterocycles. The molecule has 1 aliphatic heterocycles. The Bertz CT molecular complexity index is 383. The van der Waals surface area contributed by atoms with Crippen LogP contribution in [0.1, 0.15) is 26.5 Å². The first-order valence-corrected chi connectivity index (χ1v) is 6.12. The molecule has 2 N–H and O–H groups in total. The van der Waals surface area contributed by atoms with Crippen LogP contribution in [0.3, 0.4) is 0 Å². The average molecular weight is 241 g/mol. The second-order valence-corrected chi connectivity index (χ2v) is 5.19. The molecule has 0 aromatic carbocycles. The number of hydrogen-bond acceptors (Lipinski definition) is 4. The first-order valence-electron chi connectivity index (χ1n) is 5.30. The van der Waals surface area contributed by atoms with Gasteiger partial charge in [0.15, 0.2) is 0 Å². The van der Waals surface area contributed by atoms with E-state index in [-0.39, 0.29) is 0 Å². The zero-order valence-corrected chi connectivity index (χ0v) is 9.97. The molecule has 0 spiro atoms. The lowest BCUT2D eigenvalue weighted by Gasteiger charge is -2.09. The summed E-state index contributed by atoms with van der Waals surface area (Å²) in [6, 6.07) is 2.16. The maximum atomic E-state index is 10.8. The summed E-state index contributed by atoms with van der Waals surface area (Å²) < 4.78 is 5.27. The van der Waals surface area contributed by atoms with Crippen molar-refractivity contribution in [1.82, 2.24) is 5.32 Å². The highest BCUT2D eigenvalue weighted by Gasteiger charge is 2.16. The smallest absolute Gasteiger partial charge is 0.345 e. The molecule has 88 valence electrons. The molecule has 4 nitrogen and oxygen atoms in total. The molecule has 0 saturated carbocycles. The van der Waals surface area contributed by atoms with Crippen LogP contribution < -0.4 is 5.32 Å². The van der Waals surface area contributed by atoms with Crippen LogP contribution in [-0.2, 0) is 11.3 Å². The number of hydrogen-bond donors (Lipinski definition) is 2. The highest BCUT2D eigenvalue weighted by Crippen LogP contribution is 2.21. The molecule has 2 rings (SSSR count). The summed E-state index contributed by atoms with van der Waals surface area (Å²) in [5.41, 5.74) is 1.08. The minimum atomic E-state index is -0.844. The molecule has 0 radical (unpaired) electrons. The Balaban J connectivity index is 1.95. The van der Waals surface area contributed by atoms with E-state index >= 15 is 0 Å². The number of carboxylic acids is 1. The van der Waals surface area contributed by atoms with Crippen LogP contribution in [-0.4, -0.2) is 30.3 Å². The Morgan fingerprint density at radius 1 is 1.75 bits per heavy atom. The van der Waals surface area contributed by atoms with Gasteiger partial charge in [-0.25, -0.2) is 4.79 Å². The fourth-order valence-corrected chi connectivity index (χ4v) is 2.63. The van der Waals surface area contributed by atoms with Crippen LogP contribution in [0.4, 0.5) is 0 Å². The molecule has 5 heteroatoms. The lowest BCUT2D eigenvalue weighted by molar-refractivity contribution is 0.0702. The van der Waals surface area contributed by atoms with Gasteiger partial charge in [0.25, 0.3) is 0 Å². The molecule has 0 aliphatic carbocycles. The number of aromatic carboxylic acids is 1. The van der Waals surface area contributed by atoms with Crippen molar-refractivity contribution in [3.05, 3.63) is 21.4 Å². The number of thiophene rings is 1. The monoisotopic (exact) mass is 241 g/mol. The molecule has 0 amide bonds.